The average molecular weight is 267 g/mol. The summed E-state index contributed by atoms with van der Waals surface area (Å²) in [6.07, 6.45) is 4.51. The molecule has 0 aromatic heterocycles. The third-order valence-corrected chi connectivity index (χ3v) is 4.91. The fraction of sp³-hybridized carbons (Fsp3) is 0.857. The van der Waals surface area contributed by atoms with Crippen molar-refractivity contribution in [3.05, 3.63) is 0 Å². The van der Waals surface area contributed by atoms with Crippen molar-refractivity contribution < 1.29 is 19.4 Å². The molecule has 3 rings (SSSR count). The van der Waals surface area contributed by atoms with E-state index in [9.17, 15) is 14.7 Å². The zero-order valence-electron chi connectivity index (χ0n) is 11.1. The summed E-state index contributed by atoms with van der Waals surface area (Å²) in [4.78, 5) is 23.5. The Morgan fingerprint density at radius 2 is 1.95 bits per heavy atom. The number of rotatable bonds is 5. The largest absolute Gasteiger partial charge is 0.481 e. The van der Waals surface area contributed by atoms with E-state index in [0.29, 0.717) is 32.0 Å². The van der Waals surface area contributed by atoms with E-state index in [1.807, 2.05) is 0 Å². The van der Waals surface area contributed by atoms with E-state index in [0.717, 1.165) is 12.3 Å². The molecule has 2 unspecified atom stereocenters. The van der Waals surface area contributed by atoms with Crippen molar-refractivity contribution in [3.8, 4) is 0 Å². The van der Waals surface area contributed by atoms with Gasteiger partial charge in [-0.2, -0.15) is 0 Å². The second-order valence-electron chi connectivity index (χ2n) is 6.26. The maximum atomic E-state index is 12.0. The average Bonchev–Trinajstić information content (AvgIpc) is 3.28. The van der Waals surface area contributed by atoms with Gasteiger partial charge in [0.2, 0.25) is 5.91 Å². The van der Waals surface area contributed by atoms with Crippen LogP contribution < -0.4 is 5.32 Å². The fourth-order valence-electron chi connectivity index (χ4n) is 3.18. The van der Waals surface area contributed by atoms with E-state index in [4.69, 9.17) is 4.74 Å². The van der Waals surface area contributed by atoms with Gasteiger partial charge in [0.25, 0.3) is 0 Å². The molecule has 1 heterocycles. The van der Waals surface area contributed by atoms with Crippen LogP contribution in [0.4, 0.5) is 0 Å². The summed E-state index contributed by atoms with van der Waals surface area (Å²) in [6, 6.07) is 0. The highest BCUT2D eigenvalue weighted by Gasteiger charge is 2.51. The number of aliphatic carboxylic acids is 1. The van der Waals surface area contributed by atoms with Gasteiger partial charge in [-0.3, -0.25) is 9.59 Å². The molecule has 0 bridgehead atoms. The Morgan fingerprint density at radius 3 is 2.53 bits per heavy atom. The van der Waals surface area contributed by atoms with Crippen molar-refractivity contribution in [2.45, 2.75) is 32.1 Å². The van der Waals surface area contributed by atoms with Gasteiger partial charge in [-0.1, -0.05) is 0 Å². The molecule has 0 spiro atoms. The summed E-state index contributed by atoms with van der Waals surface area (Å²) < 4.78 is 5.22. The minimum atomic E-state index is -0.822. The first kappa shape index (κ1) is 12.9. The second-order valence-corrected chi connectivity index (χ2v) is 6.26. The predicted octanol–water partition coefficient (Wildman–Crippen LogP) is 1.03. The number of carboxylic acid groups (broad SMARTS) is 1. The number of nitrogens with one attached hydrogen (secondary N) is 1. The van der Waals surface area contributed by atoms with E-state index in [-0.39, 0.29) is 18.4 Å². The van der Waals surface area contributed by atoms with Crippen LogP contribution in [0.25, 0.3) is 0 Å². The zero-order chi connectivity index (χ0) is 13.5. The molecule has 5 nitrogen and oxygen atoms in total. The fourth-order valence-corrected chi connectivity index (χ4v) is 3.18. The number of carboxylic acids is 1. The van der Waals surface area contributed by atoms with Crippen LogP contribution >= 0.6 is 0 Å². The number of ether oxygens (including phenoxy) is 1. The minimum Gasteiger partial charge on any atom is -0.481 e. The summed E-state index contributed by atoms with van der Waals surface area (Å²) in [6.45, 7) is 1.19. The molecule has 3 fully saturated rings. The smallest absolute Gasteiger partial charge is 0.311 e. The molecule has 0 aromatic rings. The standard InChI is InChI=1S/C14H21NO4/c16-12(11-7-10(11)9-1-2-9)15-8-14(13(17)18)3-5-19-6-4-14/h9-11H,1-8H2,(H,15,16)(H,17,18). The molecular formula is C14H21NO4. The summed E-state index contributed by atoms with van der Waals surface area (Å²) in [7, 11) is 0. The van der Waals surface area contributed by atoms with Crippen molar-refractivity contribution in [3.63, 3.8) is 0 Å². The van der Waals surface area contributed by atoms with Gasteiger partial charge in [0.05, 0.1) is 5.41 Å². The topological polar surface area (TPSA) is 75.6 Å². The Kier molecular flexibility index (Phi) is 3.25. The lowest BCUT2D eigenvalue weighted by Crippen LogP contribution is -2.47. The van der Waals surface area contributed by atoms with Crippen LogP contribution in [0.2, 0.25) is 0 Å². The second kappa shape index (κ2) is 4.78. The van der Waals surface area contributed by atoms with Crippen LogP contribution in [-0.2, 0) is 14.3 Å². The van der Waals surface area contributed by atoms with Crippen molar-refractivity contribution in [1.82, 2.24) is 5.32 Å². The summed E-state index contributed by atoms with van der Waals surface area (Å²) in [5.74, 6) is 0.746. The van der Waals surface area contributed by atoms with Crippen molar-refractivity contribution in [2.75, 3.05) is 19.8 Å². The SMILES string of the molecule is O=C(NCC1(C(=O)O)CCOCC1)C1CC1C1CC1. The Hall–Kier alpha value is -1.10. The molecule has 2 N–H and O–H groups in total. The van der Waals surface area contributed by atoms with Gasteiger partial charge in [-0.25, -0.2) is 0 Å². The highest BCUT2D eigenvalue weighted by molar-refractivity contribution is 5.83. The Bertz CT molecular complexity index is 385. The lowest BCUT2D eigenvalue weighted by atomic mass is 9.80. The van der Waals surface area contributed by atoms with Crippen LogP contribution in [0.1, 0.15) is 32.1 Å². The molecule has 1 amide bonds. The maximum absolute atomic E-state index is 12.0. The summed E-state index contributed by atoms with van der Waals surface area (Å²) in [5.41, 5.74) is -0.822. The zero-order valence-corrected chi connectivity index (χ0v) is 11.1. The molecule has 0 aromatic carbocycles. The van der Waals surface area contributed by atoms with Crippen molar-refractivity contribution >= 4 is 11.9 Å². The summed E-state index contributed by atoms with van der Waals surface area (Å²) >= 11 is 0. The van der Waals surface area contributed by atoms with Crippen LogP contribution in [0.15, 0.2) is 0 Å². The van der Waals surface area contributed by atoms with Crippen LogP contribution in [-0.4, -0.2) is 36.7 Å². The third kappa shape index (κ3) is 2.61. The molecule has 1 saturated heterocycles. The van der Waals surface area contributed by atoms with Gasteiger partial charge in [0, 0.05) is 25.7 Å². The van der Waals surface area contributed by atoms with Gasteiger partial charge in [-0.15, -0.1) is 0 Å². The normalized spacial score (nSPS) is 32.6. The van der Waals surface area contributed by atoms with Crippen molar-refractivity contribution in [2.24, 2.45) is 23.2 Å². The lowest BCUT2D eigenvalue weighted by Gasteiger charge is -2.33. The monoisotopic (exact) mass is 267 g/mol. The summed E-state index contributed by atoms with van der Waals surface area (Å²) in [5, 5.41) is 12.3. The molecule has 106 valence electrons. The number of hydrogen-bond donors (Lipinski definition) is 2. The van der Waals surface area contributed by atoms with E-state index < -0.39 is 11.4 Å². The molecule has 2 aliphatic carbocycles. The van der Waals surface area contributed by atoms with E-state index in [2.05, 4.69) is 5.32 Å². The number of amides is 1. The van der Waals surface area contributed by atoms with Crippen molar-refractivity contribution in [1.29, 1.82) is 0 Å². The number of hydrogen-bond acceptors (Lipinski definition) is 3. The highest BCUT2D eigenvalue weighted by atomic mass is 16.5. The molecule has 5 heteroatoms. The first-order valence-corrected chi connectivity index (χ1v) is 7.21. The van der Waals surface area contributed by atoms with Gasteiger partial charge in [0.1, 0.15) is 0 Å². The molecule has 0 radical (unpaired) electrons. The van der Waals surface area contributed by atoms with E-state index >= 15 is 0 Å². The van der Waals surface area contributed by atoms with Gasteiger partial charge in [0.15, 0.2) is 0 Å². The van der Waals surface area contributed by atoms with Gasteiger partial charge < -0.3 is 15.2 Å². The van der Waals surface area contributed by atoms with Gasteiger partial charge in [-0.05, 0) is 43.9 Å². The first-order chi connectivity index (χ1) is 9.12. The predicted molar refractivity (Wildman–Crippen MR) is 67.5 cm³/mol. The maximum Gasteiger partial charge on any atom is 0.311 e. The van der Waals surface area contributed by atoms with Gasteiger partial charge >= 0.3 is 5.97 Å². The Balaban J connectivity index is 1.51. The third-order valence-electron chi connectivity index (χ3n) is 4.91. The highest BCUT2D eigenvalue weighted by Crippen LogP contribution is 2.54. The molecule has 2 saturated carbocycles. The number of carbonyl (C=O) groups excluding carboxylic acids is 1. The van der Waals surface area contributed by atoms with Crippen LogP contribution in [0.5, 0.6) is 0 Å². The minimum absolute atomic E-state index is 0.0593. The lowest BCUT2D eigenvalue weighted by molar-refractivity contribution is -0.154. The molecular weight excluding hydrogens is 246 g/mol. The van der Waals surface area contributed by atoms with E-state index in [1.54, 1.807) is 0 Å². The van der Waals surface area contributed by atoms with Crippen LogP contribution in [0.3, 0.4) is 0 Å². The Labute approximate surface area is 112 Å². The quantitative estimate of drug-likeness (QED) is 0.780. The number of carbonyl (C=O) groups is 2. The molecule has 1 aliphatic heterocycles. The molecule has 19 heavy (non-hydrogen) atoms. The molecule has 3 aliphatic rings. The first-order valence-electron chi connectivity index (χ1n) is 7.21. The van der Waals surface area contributed by atoms with Crippen LogP contribution in [0, 0.1) is 23.2 Å². The van der Waals surface area contributed by atoms with E-state index in [1.165, 1.54) is 12.8 Å². The molecule has 2 atom stereocenters. The Morgan fingerprint density at radius 1 is 1.26 bits per heavy atom.